The predicted octanol–water partition coefficient (Wildman–Crippen LogP) is 2.78. The molecule has 3 rings (SSSR count). The molecule has 1 atom stereocenters. The van der Waals surface area contributed by atoms with E-state index in [1.807, 2.05) is 38.1 Å². The van der Waals surface area contributed by atoms with Gasteiger partial charge in [0.1, 0.15) is 11.9 Å². The van der Waals surface area contributed by atoms with Crippen LogP contribution in [0.15, 0.2) is 45.6 Å². The molecule has 26 heavy (non-hydrogen) atoms. The molecule has 134 valence electrons. The molecular formula is C20H21N3O3. The van der Waals surface area contributed by atoms with Crippen LogP contribution in [0.2, 0.25) is 0 Å². The SMILES string of the molecule is Cc1cccc(C)c1-c1cc(=O)oc2nc(N(C)[C@H](C)C(N)=O)ccc12. The zero-order valence-corrected chi connectivity index (χ0v) is 15.2. The van der Waals surface area contributed by atoms with Gasteiger partial charge in [-0.05, 0) is 49.6 Å². The Morgan fingerprint density at radius 1 is 1.19 bits per heavy atom. The quantitative estimate of drug-likeness (QED) is 0.781. The lowest BCUT2D eigenvalue weighted by molar-refractivity contribution is -0.118. The molecule has 0 saturated carbocycles. The molecule has 0 saturated heterocycles. The molecule has 2 aromatic heterocycles. The summed E-state index contributed by atoms with van der Waals surface area (Å²) >= 11 is 0. The fourth-order valence-electron chi connectivity index (χ4n) is 3.07. The van der Waals surface area contributed by atoms with E-state index in [0.29, 0.717) is 5.82 Å². The van der Waals surface area contributed by atoms with E-state index in [0.717, 1.165) is 27.6 Å². The molecule has 0 aliphatic rings. The zero-order valence-electron chi connectivity index (χ0n) is 15.2. The highest BCUT2D eigenvalue weighted by Gasteiger charge is 2.19. The summed E-state index contributed by atoms with van der Waals surface area (Å²) in [5, 5.41) is 0.742. The highest BCUT2D eigenvalue weighted by Crippen LogP contribution is 2.32. The molecule has 0 unspecified atom stereocenters. The van der Waals surface area contributed by atoms with E-state index in [2.05, 4.69) is 4.98 Å². The van der Waals surface area contributed by atoms with Crippen molar-refractivity contribution in [1.82, 2.24) is 4.98 Å². The summed E-state index contributed by atoms with van der Waals surface area (Å²) in [6.45, 7) is 5.71. The molecule has 0 fully saturated rings. The number of fused-ring (bicyclic) bond motifs is 1. The van der Waals surface area contributed by atoms with Crippen LogP contribution in [-0.4, -0.2) is 24.0 Å². The molecule has 0 spiro atoms. The maximum atomic E-state index is 12.1. The van der Waals surface area contributed by atoms with E-state index < -0.39 is 17.6 Å². The van der Waals surface area contributed by atoms with Gasteiger partial charge in [0.15, 0.2) is 0 Å². The molecule has 2 N–H and O–H groups in total. The predicted molar refractivity (Wildman–Crippen MR) is 102 cm³/mol. The number of primary amides is 1. The zero-order chi connectivity index (χ0) is 19.0. The summed E-state index contributed by atoms with van der Waals surface area (Å²) < 4.78 is 5.33. The van der Waals surface area contributed by atoms with Crippen LogP contribution in [0.4, 0.5) is 5.82 Å². The number of aryl methyl sites for hydroxylation is 2. The Hall–Kier alpha value is -3.15. The second kappa shape index (κ2) is 6.63. The van der Waals surface area contributed by atoms with Crippen molar-refractivity contribution in [2.75, 3.05) is 11.9 Å². The average molecular weight is 351 g/mol. The fourth-order valence-corrected chi connectivity index (χ4v) is 3.07. The van der Waals surface area contributed by atoms with Gasteiger partial charge < -0.3 is 15.1 Å². The van der Waals surface area contributed by atoms with E-state index in [4.69, 9.17) is 10.2 Å². The van der Waals surface area contributed by atoms with Crippen molar-refractivity contribution in [3.05, 3.63) is 57.9 Å². The minimum atomic E-state index is -0.534. The number of carbonyl (C=O) groups is 1. The van der Waals surface area contributed by atoms with Gasteiger partial charge in [0.05, 0.1) is 0 Å². The van der Waals surface area contributed by atoms with Gasteiger partial charge in [-0.2, -0.15) is 4.98 Å². The van der Waals surface area contributed by atoms with Crippen molar-refractivity contribution < 1.29 is 9.21 Å². The van der Waals surface area contributed by atoms with Gasteiger partial charge >= 0.3 is 5.63 Å². The lowest BCUT2D eigenvalue weighted by atomic mass is 9.94. The first kappa shape index (κ1) is 17.7. The number of benzene rings is 1. The summed E-state index contributed by atoms with van der Waals surface area (Å²) in [6.07, 6.45) is 0. The Bertz CT molecular complexity index is 1040. The molecule has 1 aromatic carbocycles. The van der Waals surface area contributed by atoms with E-state index in [-0.39, 0.29) is 5.71 Å². The molecule has 0 radical (unpaired) electrons. The summed E-state index contributed by atoms with van der Waals surface area (Å²) in [6, 6.07) is 10.6. The second-order valence-electron chi connectivity index (χ2n) is 6.46. The van der Waals surface area contributed by atoms with Crippen LogP contribution in [0.25, 0.3) is 22.2 Å². The normalized spacial score (nSPS) is 12.2. The van der Waals surface area contributed by atoms with E-state index in [9.17, 15) is 9.59 Å². The Labute approximate surface area is 151 Å². The Morgan fingerprint density at radius 2 is 1.85 bits per heavy atom. The Morgan fingerprint density at radius 3 is 2.46 bits per heavy atom. The van der Waals surface area contributed by atoms with Crippen LogP contribution >= 0.6 is 0 Å². The minimum absolute atomic E-state index is 0.233. The van der Waals surface area contributed by atoms with Crippen molar-refractivity contribution in [1.29, 1.82) is 0 Å². The van der Waals surface area contributed by atoms with Crippen LogP contribution in [-0.2, 0) is 4.79 Å². The number of anilines is 1. The number of nitrogens with two attached hydrogens (primary N) is 1. The van der Waals surface area contributed by atoms with Crippen molar-refractivity contribution in [2.45, 2.75) is 26.8 Å². The van der Waals surface area contributed by atoms with E-state index in [1.54, 1.807) is 24.9 Å². The van der Waals surface area contributed by atoms with Gasteiger partial charge in [0.25, 0.3) is 0 Å². The highest BCUT2D eigenvalue weighted by atomic mass is 16.4. The number of hydrogen-bond acceptors (Lipinski definition) is 5. The van der Waals surface area contributed by atoms with Gasteiger partial charge in [-0.1, -0.05) is 18.2 Å². The number of rotatable bonds is 4. The monoisotopic (exact) mass is 351 g/mol. The third-order valence-corrected chi connectivity index (χ3v) is 4.70. The van der Waals surface area contributed by atoms with Crippen LogP contribution in [0.1, 0.15) is 18.1 Å². The molecule has 3 aromatic rings. The molecule has 0 aliphatic carbocycles. The summed E-state index contributed by atoms with van der Waals surface area (Å²) in [5.41, 5.74) is 9.05. The first-order valence-corrected chi connectivity index (χ1v) is 8.33. The van der Waals surface area contributed by atoms with Crippen LogP contribution < -0.4 is 16.3 Å². The van der Waals surface area contributed by atoms with Crippen molar-refractivity contribution in [3.63, 3.8) is 0 Å². The summed E-state index contributed by atoms with van der Waals surface area (Å²) in [7, 11) is 1.72. The number of carbonyl (C=O) groups excluding carboxylic acids is 1. The number of likely N-dealkylation sites (N-methyl/N-ethyl adjacent to an activating group) is 1. The van der Waals surface area contributed by atoms with Gasteiger partial charge in [-0.3, -0.25) is 4.79 Å². The largest absolute Gasteiger partial charge is 0.404 e. The molecular weight excluding hydrogens is 330 g/mol. The van der Waals surface area contributed by atoms with Gasteiger partial charge in [0, 0.05) is 24.1 Å². The standard InChI is InChI=1S/C20H21N3O3/c1-11-6-5-7-12(2)18(11)15-10-17(24)26-20-14(15)8-9-16(22-20)23(4)13(3)19(21)25/h5-10,13H,1-4H3,(H2,21,25)/t13-/m1/s1. The maximum Gasteiger partial charge on any atom is 0.338 e. The van der Waals surface area contributed by atoms with Crippen LogP contribution in [0, 0.1) is 13.8 Å². The molecule has 6 nitrogen and oxygen atoms in total. The number of pyridine rings is 1. The molecule has 1 amide bonds. The minimum Gasteiger partial charge on any atom is -0.404 e. The van der Waals surface area contributed by atoms with Gasteiger partial charge in [0.2, 0.25) is 11.6 Å². The first-order valence-electron chi connectivity index (χ1n) is 8.33. The number of nitrogens with zero attached hydrogens (tertiary/aromatic N) is 2. The lowest BCUT2D eigenvalue weighted by Gasteiger charge is -2.23. The van der Waals surface area contributed by atoms with Crippen molar-refractivity contribution >= 4 is 22.8 Å². The molecule has 6 heteroatoms. The van der Waals surface area contributed by atoms with Crippen molar-refractivity contribution in [2.24, 2.45) is 5.73 Å². The Kier molecular flexibility index (Phi) is 4.50. The average Bonchev–Trinajstić information content (AvgIpc) is 2.59. The summed E-state index contributed by atoms with van der Waals surface area (Å²) in [4.78, 5) is 29.6. The second-order valence-corrected chi connectivity index (χ2v) is 6.46. The molecule has 0 aliphatic heterocycles. The van der Waals surface area contributed by atoms with Crippen molar-refractivity contribution in [3.8, 4) is 11.1 Å². The lowest BCUT2D eigenvalue weighted by Crippen LogP contribution is -2.40. The van der Waals surface area contributed by atoms with Crippen LogP contribution in [0.5, 0.6) is 0 Å². The molecule has 0 bridgehead atoms. The van der Waals surface area contributed by atoms with Crippen LogP contribution in [0.3, 0.4) is 0 Å². The van der Waals surface area contributed by atoms with Gasteiger partial charge in [-0.25, -0.2) is 4.79 Å². The topological polar surface area (TPSA) is 89.4 Å². The smallest absolute Gasteiger partial charge is 0.338 e. The van der Waals surface area contributed by atoms with E-state index in [1.165, 1.54) is 6.07 Å². The molecule has 2 heterocycles. The fraction of sp³-hybridized carbons (Fsp3) is 0.250. The number of aromatic nitrogens is 1. The summed E-state index contributed by atoms with van der Waals surface area (Å²) in [5.74, 6) is 0.0470. The number of hydrogen-bond donors (Lipinski definition) is 1. The third kappa shape index (κ3) is 3.06. The third-order valence-electron chi connectivity index (χ3n) is 4.70. The highest BCUT2D eigenvalue weighted by molar-refractivity contribution is 5.94. The van der Waals surface area contributed by atoms with Gasteiger partial charge in [-0.15, -0.1) is 0 Å². The Balaban J connectivity index is 2.22. The maximum absolute atomic E-state index is 12.1. The van der Waals surface area contributed by atoms with E-state index >= 15 is 0 Å². The first-order chi connectivity index (χ1) is 12.3. The number of amides is 1.